The average Bonchev–Trinajstić information content (AvgIpc) is 2.98. The molecule has 0 bridgehead atoms. The predicted molar refractivity (Wildman–Crippen MR) is 90.3 cm³/mol. The van der Waals surface area contributed by atoms with Gasteiger partial charge in [-0.15, -0.1) is 11.3 Å². The van der Waals surface area contributed by atoms with E-state index < -0.39 is 11.4 Å². The van der Waals surface area contributed by atoms with Crippen LogP contribution in [0.4, 0.5) is 0 Å². The van der Waals surface area contributed by atoms with Gasteiger partial charge in [-0.1, -0.05) is 23.8 Å². The molecule has 112 valence electrons. The van der Waals surface area contributed by atoms with Crippen LogP contribution in [0.15, 0.2) is 57.7 Å². The van der Waals surface area contributed by atoms with Crippen molar-refractivity contribution in [2.45, 2.75) is 6.92 Å². The number of benzene rings is 2. The van der Waals surface area contributed by atoms with Gasteiger partial charge in [-0.25, -0.2) is 9.78 Å². The van der Waals surface area contributed by atoms with Crippen LogP contribution in [0.2, 0.25) is 0 Å². The minimum absolute atomic E-state index is 0.0159. The van der Waals surface area contributed by atoms with Crippen LogP contribution in [-0.4, -0.2) is 10.8 Å². The quantitative estimate of drug-likeness (QED) is 0.414. The number of aryl methyl sites for hydroxylation is 1. The Hall–Kier alpha value is -2.79. The second kappa shape index (κ2) is 5.14. The smallest absolute Gasteiger partial charge is 0.347 e. The molecular formula is C18H11NO3S. The summed E-state index contributed by atoms with van der Waals surface area (Å²) >= 11 is 1.28. The van der Waals surface area contributed by atoms with Crippen molar-refractivity contribution in [3.8, 4) is 0 Å². The van der Waals surface area contributed by atoms with Crippen molar-refractivity contribution < 1.29 is 9.21 Å². The van der Waals surface area contributed by atoms with Crippen molar-refractivity contribution in [1.82, 2.24) is 4.98 Å². The maximum absolute atomic E-state index is 12.7. The second-order valence-electron chi connectivity index (χ2n) is 5.30. The van der Waals surface area contributed by atoms with Crippen LogP contribution in [-0.2, 0) is 0 Å². The number of ketones is 1. The predicted octanol–water partition coefficient (Wildman–Crippen LogP) is 3.94. The molecule has 0 aliphatic rings. The fraction of sp³-hybridized carbons (Fsp3) is 0.0556. The molecule has 0 saturated carbocycles. The molecule has 0 saturated heterocycles. The third kappa shape index (κ3) is 2.35. The lowest BCUT2D eigenvalue weighted by molar-refractivity contribution is 0.103. The number of aromatic nitrogens is 1. The molecule has 0 unspecified atom stereocenters. The van der Waals surface area contributed by atoms with Crippen LogP contribution < -0.4 is 5.63 Å². The van der Waals surface area contributed by atoms with Crippen LogP contribution in [0.5, 0.6) is 0 Å². The highest BCUT2D eigenvalue weighted by Gasteiger charge is 2.19. The number of carbonyl (C=O) groups excluding carboxylic acids is 1. The minimum Gasteiger partial charge on any atom is -0.422 e. The van der Waals surface area contributed by atoms with Gasteiger partial charge in [0.05, 0.1) is 10.2 Å². The lowest BCUT2D eigenvalue weighted by Crippen LogP contribution is -2.14. The molecule has 0 spiro atoms. The first kappa shape index (κ1) is 13.8. The Morgan fingerprint density at radius 1 is 1.13 bits per heavy atom. The van der Waals surface area contributed by atoms with Crippen LogP contribution in [0.1, 0.15) is 20.9 Å². The van der Waals surface area contributed by atoms with Crippen molar-refractivity contribution in [2.75, 3.05) is 0 Å². The van der Waals surface area contributed by atoms with Crippen LogP contribution >= 0.6 is 11.3 Å². The monoisotopic (exact) mass is 321 g/mol. The molecule has 5 heteroatoms. The number of carbonyl (C=O) groups is 1. The highest BCUT2D eigenvalue weighted by molar-refractivity contribution is 7.20. The lowest BCUT2D eigenvalue weighted by Gasteiger charge is -2.01. The van der Waals surface area contributed by atoms with Crippen molar-refractivity contribution in [3.05, 3.63) is 75.1 Å². The van der Waals surface area contributed by atoms with Crippen LogP contribution in [0.3, 0.4) is 0 Å². The fourth-order valence-corrected chi connectivity index (χ4v) is 3.41. The molecule has 0 fully saturated rings. The molecule has 4 rings (SSSR count). The summed E-state index contributed by atoms with van der Waals surface area (Å²) in [7, 11) is 0. The maximum atomic E-state index is 12.7. The summed E-state index contributed by atoms with van der Waals surface area (Å²) in [5.74, 6) is -0.400. The Bertz CT molecular complexity index is 1090. The lowest BCUT2D eigenvalue weighted by atomic mass is 10.1. The third-order valence-electron chi connectivity index (χ3n) is 3.62. The van der Waals surface area contributed by atoms with Crippen LogP contribution in [0.25, 0.3) is 21.2 Å². The van der Waals surface area contributed by atoms with E-state index in [1.54, 1.807) is 12.1 Å². The van der Waals surface area contributed by atoms with Gasteiger partial charge in [0.25, 0.3) is 0 Å². The van der Waals surface area contributed by atoms with E-state index in [0.717, 1.165) is 21.2 Å². The fourth-order valence-electron chi connectivity index (χ4n) is 2.49. The molecule has 4 aromatic rings. The van der Waals surface area contributed by atoms with Gasteiger partial charge in [-0.2, -0.15) is 0 Å². The van der Waals surface area contributed by atoms with E-state index in [-0.39, 0.29) is 5.56 Å². The zero-order valence-electron chi connectivity index (χ0n) is 12.2. The van der Waals surface area contributed by atoms with Crippen molar-refractivity contribution in [2.24, 2.45) is 0 Å². The average molecular weight is 321 g/mol. The van der Waals surface area contributed by atoms with Gasteiger partial charge in [-0.3, -0.25) is 4.79 Å². The molecule has 0 aliphatic heterocycles. The highest BCUT2D eigenvalue weighted by atomic mass is 32.1. The van der Waals surface area contributed by atoms with Crippen molar-refractivity contribution in [3.63, 3.8) is 0 Å². The molecule has 0 amide bonds. The molecule has 23 heavy (non-hydrogen) atoms. The largest absolute Gasteiger partial charge is 0.422 e. The summed E-state index contributed by atoms with van der Waals surface area (Å²) in [5.41, 5.74) is 1.64. The Labute approximate surface area is 135 Å². The molecule has 0 radical (unpaired) electrons. The van der Waals surface area contributed by atoms with Gasteiger partial charge in [0.2, 0.25) is 5.78 Å². The van der Waals surface area contributed by atoms with Crippen molar-refractivity contribution >= 4 is 38.3 Å². The molecule has 4 nitrogen and oxygen atoms in total. The van der Waals surface area contributed by atoms with E-state index in [9.17, 15) is 9.59 Å². The number of thiazole rings is 1. The summed E-state index contributed by atoms with van der Waals surface area (Å²) in [6.07, 6.45) is 0. The SMILES string of the molecule is Cc1ccc2oc(=O)c(C(=O)c3nc4ccccc4s3)cc2c1. The first-order chi connectivity index (χ1) is 11.1. The van der Waals surface area contributed by atoms with Gasteiger partial charge in [0, 0.05) is 5.39 Å². The first-order valence-electron chi connectivity index (χ1n) is 7.06. The van der Waals surface area contributed by atoms with Gasteiger partial charge >= 0.3 is 5.63 Å². The summed E-state index contributed by atoms with van der Waals surface area (Å²) in [5, 5.41) is 1.03. The highest BCUT2D eigenvalue weighted by Crippen LogP contribution is 2.24. The van der Waals surface area contributed by atoms with E-state index >= 15 is 0 Å². The first-order valence-corrected chi connectivity index (χ1v) is 7.88. The topological polar surface area (TPSA) is 60.2 Å². The van der Waals surface area contributed by atoms with Gasteiger partial charge in [-0.05, 0) is 37.3 Å². The number of hydrogen-bond acceptors (Lipinski definition) is 5. The summed E-state index contributed by atoms with van der Waals surface area (Å²) in [6.45, 7) is 1.94. The molecule has 0 atom stereocenters. The maximum Gasteiger partial charge on any atom is 0.347 e. The second-order valence-corrected chi connectivity index (χ2v) is 6.34. The van der Waals surface area contributed by atoms with Gasteiger partial charge in [0.1, 0.15) is 11.1 Å². The molecular weight excluding hydrogens is 310 g/mol. The van der Waals surface area contributed by atoms with E-state index in [2.05, 4.69) is 4.98 Å². The Morgan fingerprint density at radius 3 is 2.78 bits per heavy atom. The summed E-state index contributed by atoms with van der Waals surface area (Å²) in [4.78, 5) is 29.1. The van der Waals surface area contributed by atoms with Crippen LogP contribution in [0, 0.1) is 6.92 Å². The molecule has 2 aromatic carbocycles. The van der Waals surface area contributed by atoms with Crippen molar-refractivity contribution in [1.29, 1.82) is 0 Å². The number of para-hydroxylation sites is 1. The standard InChI is InChI=1S/C18H11NO3S/c1-10-6-7-14-11(8-10)9-12(18(21)22-14)16(20)17-19-13-4-2-3-5-15(13)23-17/h2-9H,1H3. The van der Waals surface area contributed by atoms with E-state index in [1.807, 2.05) is 43.3 Å². The Morgan fingerprint density at radius 2 is 1.96 bits per heavy atom. The summed E-state index contributed by atoms with van der Waals surface area (Å²) in [6, 6.07) is 14.6. The zero-order valence-corrected chi connectivity index (χ0v) is 13.0. The molecule has 0 aliphatic carbocycles. The number of rotatable bonds is 2. The van der Waals surface area contributed by atoms with E-state index in [4.69, 9.17) is 4.42 Å². The number of nitrogens with zero attached hydrogens (tertiary/aromatic N) is 1. The Balaban J connectivity index is 1.88. The van der Waals surface area contributed by atoms with E-state index in [0.29, 0.717) is 10.6 Å². The number of hydrogen-bond donors (Lipinski definition) is 0. The summed E-state index contributed by atoms with van der Waals surface area (Å²) < 4.78 is 6.18. The zero-order chi connectivity index (χ0) is 16.0. The molecule has 2 aromatic heterocycles. The third-order valence-corrected chi connectivity index (χ3v) is 4.66. The van der Waals surface area contributed by atoms with E-state index in [1.165, 1.54) is 11.3 Å². The minimum atomic E-state index is -0.634. The Kier molecular flexibility index (Phi) is 3.09. The normalized spacial score (nSPS) is 11.2. The van der Waals surface area contributed by atoms with Gasteiger partial charge in [0.15, 0.2) is 5.01 Å². The van der Waals surface area contributed by atoms with Gasteiger partial charge < -0.3 is 4.42 Å². The molecule has 0 N–H and O–H groups in total. The number of fused-ring (bicyclic) bond motifs is 2. The molecule has 2 heterocycles.